The minimum Gasteiger partial charge on any atom is -0.463 e. The van der Waals surface area contributed by atoms with Gasteiger partial charge < -0.3 is 15.4 Å². The lowest BCUT2D eigenvalue weighted by molar-refractivity contribution is -0.139. The Morgan fingerprint density at radius 2 is 1.95 bits per heavy atom. The fourth-order valence-corrected chi connectivity index (χ4v) is 2.68. The van der Waals surface area contributed by atoms with E-state index in [1.54, 1.807) is 6.92 Å². The molecule has 1 aliphatic rings. The van der Waals surface area contributed by atoms with Crippen LogP contribution in [0.3, 0.4) is 0 Å². The molecule has 6 heteroatoms. The monoisotopic (exact) mass is 366 g/mol. The summed E-state index contributed by atoms with van der Waals surface area (Å²) in [5.41, 5.74) is 1.96. The number of allylic oxidation sites excluding steroid dienone is 1. The molecule has 1 heterocycles. The number of carbonyl (C=O) groups excluding carboxylic acids is 2. The van der Waals surface area contributed by atoms with Gasteiger partial charge in [-0.2, -0.15) is 0 Å². The molecule has 5 nitrogen and oxygen atoms in total. The van der Waals surface area contributed by atoms with E-state index in [9.17, 15) is 9.59 Å². The zero-order valence-electron chi connectivity index (χ0n) is 12.6. The summed E-state index contributed by atoms with van der Waals surface area (Å²) in [5.74, 6) is -0.397. The van der Waals surface area contributed by atoms with E-state index in [1.165, 1.54) is 0 Å². The molecule has 1 aromatic carbocycles. The summed E-state index contributed by atoms with van der Waals surface area (Å²) in [6.45, 7) is 4.06. The van der Waals surface area contributed by atoms with E-state index in [1.807, 2.05) is 31.2 Å². The Bertz CT molecular complexity index is 596. The molecule has 1 aliphatic heterocycles. The van der Waals surface area contributed by atoms with Crippen molar-refractivity contribution < 1.29 is 14.3 Å². The molecule has 2 rings (SSSR count). The van der Waals surface area contributed by atoms with E-state index >= 15 is 0 Å². The highest BCUT2D eigenvalue weighted by Gasteiger charge is 2.33. The first-order valence-electron chi connectivity index (χ1n) is 7.30. The summed E-state index contributed by atoms with van der Waals surface area (Å²) in [6.07, 6.45) is 1.44. The maximum Gasteiger partial charge on any atom is 0.338 e. The summed E-state index contributed by atoms with van der Waals surface area (Å²) in [5, 5.41) is 5.54. The largest absolute Gasteiger partial charge is 0.463 e. The first-order chi connectivity index (χ1) is 10.6. The summed E-state index contributed by atoms with van der Waals surface area (Å²) in [6, 6.07) is 6.72. The van der Waals surface area contributed by atoms with Gasteiger partial charge in [-0.1, -0.05) is 41.4 Å². The molecule has 0 bridgehead atoms. The Labute approximate surface area is 138 Å². The molecule has 0 aliphatic carbocycles. The lowest BCUT2D eigenvalue weighted by atomic mass is 9.94. The second-order valence-electron chi connectivity index (χ2n) is 4.95. The smallest absolute Gasteiger partial charge is 0.338 e. The summed E-state index contributed by atoms with van der Waals surface area (Å²) in [4.78, 5) is 24.3. The number of amides is 2. The van der Waals surface area contributed by atoms with Gasteiger partial charge in [0.2, 0.25) is 0 Å². The molecule has 0 unspecified atom stereocenters. The predicted octanol–water partition coefficient (Wildman–Crippen LogP) is 3.42. The van der Waals surface area contributed by atoms with Gasteiger partial charge in [0.15, 0.2) is 0 Å². The number of benzene rings is 1. The molecule has 0 saturated heterocycles. The van der Waals surface area contributed by atoms with Crippen LogP contribution >= 0.6 is 15.9 Å². The maximum absolute atomic E-state index is 12.4. The third kappa shape index (κ3) is 3.68. The Morgan fingerprint density at radius 3 is 2.55 bits per heavy atom. The highest BCUT2D eigenvalue weighted by Crippen LogP contribution is 2.30. The average Bonchev–Trinajstić information content (AvgIpc) is 2.48. The minimum atomic E-state index is -0.498. The predicted molar refractivity (Wildman–Crippen MR) is 87.1 cm³/mol. The number of nitrogens with one attached hydrogen (secondary N) is 2. The minimum absolute atomic E-state index is 0.294. The zero-order chi connectivity index (χ0) is 16.1. The van der Waals surface area contributed by atoms with Gasteiger partial charge in [0, 0.05) is 10.2 Å². The molecule has 0 spiro atoms. The van der Waals surface area contributed by atoms with Gasteiger partial charge in [-0.15, -0.1) is 0 Å². The van der Waals surface area contributed by atoms with E-state index in [4.69, 9.17) is 4.74 Å². The van der Waals surface area contributed by atoms with E-state index in [0.717, 1.165) is 16.5 Å². The fraction of sp³-hybridized carbons (Fsp3) is 0.375. The highest BCUT2D eigenvalue weighted by atomic mass is 79.9. The van der Waals surface area contributed by atoms with Crippen LogP contribution in [0.15, 0.2) is 40.0 Å². The van der Waals surface area contributed by atoms with Gasteiger partial charge in [0.1, 0.15) is 0 Å². The first-order valence-corrected chi connectivity index (χ1v) is 8.09. The zero-order valence-corrected chi connectivity index (χ0v) is 14.2. The summed E-state index contributed by atoms with van der Waals surface area (Å²) >= 11 is 3.38. The van der Waals surface area contributed by atoms with Crippen molar-refractivity contribution in [1.82, 2.24) is 10.6 Å². The first kappa shape index (κ1) is 16.5. The van der Waals surface area contributed by atoms with Crippen LogP contribution in [-0.2, 0) is 9.53 Å². The van der Waals surface area contributed by atoms with Crippen LogP contribution in [0.2, 0.25) is 0 Å². The number of hydrogen-bond donors (Lipinski definition) is 2. The number of ether oxygens (including phenoxy) is 1. The van der Waals surface area contributed by atoms with Crippen LogP contribution in [0.4, 0.5) is 4.79 Å². The Hall–Kier alpha value is -1.82. The van der Waals surface area contributed by atoms with Crippen LogP contribution in [0.1, 0.15) is 38.3 Å². The van der Waals surface area contributed by atoms with Crippen molar-refractivity contribution in [2.75, 3.05) is 6.61 Å². The van der Waals surface area contributed by atoms with Crippen LogP contribution < -0.4 is 10.6 Å². The molecule has 0 aromatic heterocycles. The van der Waals surface area contributed by atoms with E-state index in [0.29, 0.717) is 24.3 Å². The number of urea groups is 1. The topological polar surface area (TPSA) is 67.4 Å². The van der Waals surface area contributed by atoms with Gasteiger partial charge in [0.25, 0.3) is 0 Å². The van der Waals surface area contributed by atoms with Crippen LogP contribution in [-0.4, -0.2) is 18.6 Å². The van der Waals surface area contributed by atoms with Gasteiger partial charge in [-0.05, 0) is 31.0 Å². The molecule has 0 radical (unpaired) electrons. The second-order valence-corrected chi connectivity index (χ2v) is 5.86. The average molecular weight is 367 g/mol. The highest BCUT2D eigenvalue weighted by molar-refractivity contribution is 9.10. The van der Waals surface area contributed by atoms with E-state index in [-0.39, 0.29) is 6.03 Å². The van der Waals surface area contributed by atoms with Crippen LogP contribution in [0, 0.1) is 0 Å². The van der Waals surface area contributed by atoms with Gasteiger partial charge in [-0.25, -0.2) is 9.59 Å². The number of hydrogen-bond acceptors (Lipinski definition) is 3. The maximum atomic E-state index is 12.4. The van der Waals surface area contributed by atoms with Crippen LogP contribution in [0.25, 0.3) is 0 Å². The number of rotatable bonds is 5. The normalized spacial score (nSPS) is 17.8. The molecule has 118 valence electrons. The van der Waals surface area contributed by atoms with E-state index in [2.05, 4.69) is 26.6 Å². The molecule has 2 amide bonds. The van der Waals surface area contributed by atoms with Crippen molar-refractivity contribution in [2.24, 2.45) is 0 Å². The lowest BCUT2D eigenvalue weighted by Crippen LogP contribution is -2.46. The lowest BCUT2D eigenvalue weighted by Gasteiger charge is -2.29. The molecule has 1 aromatic rings. The van der Waals surface area contributed by atoms with Crippen molar-refractivity contribution in [2.45, 2.75) is 32.7 Å². The second kappa shape index (κ2) is 7.45. The van der Waals surface area contributed by atoms with Crippen molar-refractivity contribution in [3.8, 4) is 0 Å². The van der Waals surface area contributed by atoms with Gasteiger partial charge in [0.05, 0.1) is 18.2 Å². The number of halogens is 1. The molecule has 2 N–H and O–H groups in total. The third-order valence-corrected chi connectivity index (χ3v) is 3.88. The standard InChI is InChI=1S/C16H19BrN2O3/c1-3-5-12-13(15(20)22-4-2)14(19-16(21)18-12)10-6-8-11(17)9-7-10/h6-9,14H,3-5H2,1-2H3,(H2,18,19,21)/t14-/m1/s1. The van der Waals surface area contributed by atoms with E-state index < -0.39 is 12.0 Å². The van der Waals surface area contributed by atoms with Crippen molar-refractivity contribution in [1.29, 1.82) is 0 Å². The van der Waals surface area contributed by atoms with Gasteiger partial charge in [-0.3, -0.25) is 0 Å². The van der Waals surface area contributed by atoms with Crippen molar-refractivity contribution >= 4 is 27.9 Å². The Balaban J connectivity index is 2.47. The quantitative estimate of drug-likeness (QED) is 0.784. The molecule has 0 fully saturated rings. The van der Waals surface area contributed by atoms with Gasteiger partial charge >= 0.3 is 12.0 Å². The van der Waals surface area contributed by atoms with Crippen LogP contribution in [0.5, 0.6) is 0 Å². The SMILES string of the molecule is CCCC1=C(C(=O)OCC)[C@@H](c2ccc(Br)cc2)NC(=O)N1. The van der Waals surface area contributed by atoms with Crippen molar-refractivity contribution in [3.63, 3.8) is 0 Å². The van der Waals surface area contributed by atoms with Crippen molar-refractivity contribution in [3.05, 3.63) is 45.6 Å². The Morgan fingerprint density at radius 1 is 1.27 bits per heavy atom. The summed E-state index contributed by atoms with van der Waals surface area (Å²) in [7, 11) is 0. The summed E-state index contributed by atoms with van der Waals surface area (Å²) < 4.78 is 6.11. The molecule has 1 atom stereocenters. The third-order valence-electron chi connectivity index (χ3n) is 3.35. The molecule has 22 heavy (non-hydrogen) atoms. The number of esters is 1. The number of carbonyl (C=O) groups is 2. The molecular formula is C16H19BrN2O3. The molecular weight excluding hydrogens is 348 g/mol. The Kier molecular flexibility index (Phi) is 5.60. The molecule has 0 saturated carbocycles. The fourth-order valence-electron chi connectivity index (χ4n) is 2.42.